The van der Waals surface area contributed by atoms with Crippen LogP contribution in [0.3, 0.4) is 0 Å². The molecule has 0 atom stereocenters. The van der Waals surface area contributed by atoms with Crippen LogP contribution in [-0.2, 0) is 4.79 Å². The van der Waals surface area contributed by atoms with Crippen LogP contribution in [0.4, 0.5) is 0 Å². The lowest BCUT2D eigenvalue weighted by Gasteiger charge is -2.13. The van der Waals surface area contributed by atoms with E-state index in [2.05, 4.69) is 19.2 Å². The van der Waals surface area contributed by atoms with Gasteiger partial charge in [0.05, 0.1) is 13.2 Å². The molecule has 0 unspecified atom stereocenters. The van der Waals surface area contributed by atoms with Gasteiger partial charge >= 0.3 is 5.97 Å². The third-order valence-corrected chi connectivity index (χ3v) is 8.08. The van der Waals surface area contributed by atoms with Crippen molar-refractivity contribution in [3.8, 4) is 11.5 Å². The summed E-state index contributed by atoms with van der Waals surface area (Å²) in [5.74, 6) is -0.323. The van der Waals surface area contributed by atoms with Gasteiger partial charge in [0.25, 0.3) is 5.91 Å². The second-order valence-electron chi connectivity index (χ2n) is 12.2. The molecule has 0 aliphatic heterocycles. The van der Waals surface area contributed by atoms with Crippen molar-refractivity contribution in [1.29, 1.82) is 0 Å². The van der Waals surface area contributed by atoms with E-state index < -0.39 is 18.4 Å². The number of amides is 1. The predicted molar refractivity (Wildman–Crippen MR) is 180 cm³/mol. The van der Waals surface area contributed by atoms with Crippen LogP contribution in [0.2, 0.25) is 0 Å². The van der Waals surface area contributed by atoms with E-state index in [9.17, 15) is 9.59 Å². The highest BCUT2D eigenvalue weighted by Gasteiger charge is 2.12. The Kier molecular flexibility index (Phi) is 25.7. The first-order chi connectivity index (χ1) is 21.1. The number of nitrogens with one attached hydrogen (secondary N) is 1. The number of hydrogen-bond acceptors (Lipinski definition) is 4. The van der Waals surface area contributed by atoms with Gasteiger partial charge in [-0.15, -0.1) is 0 Å². The molecule has 0 aromatic heterocycles. The van der Waals surface area contributed by atoms with Gasteiger partial charge in [-0.1, -0.05) is 155 Å². The molecule has 0 fully saturated rings. The molecule has 0 bridgehead atoms. The van der Waals surface area contributed by atoms with Crippen LogP contribution >= 0.6 is 0 Å². The van der Waals surface area contributed by atoms with Gasteiger partial charge in [0, 0.05) is 11.6 Å². The molecule has 6 heteroatoms. The standard InChI is InChI=1S/C37H65NO5/c1-3-5-7-9-11-13-15-17-19-21-23-25-27-42-34-29-33(37(41)38-32-36(39)40)30-35(31-34)43-28-26-24-22-20-18-16-14-12-10-8-6-4-2/h29-31H,3-28,32H2,1-2H3,(H,38,41)(H,39,40). The second-order valence-corrected chi connectivity index (χ2v) is 12.2. The Bertz CT molecular complexity index is 764. The minimum absolute atomic E-state index is 0.359. The molecule has 0 saturated carbocycles. The summed E-state index contributed by atoms with van der Waals surface area (Å²) in [7, 11) is 0. The van der Waals surface area contributed by atoms with E-state index in [0.29, 0.717) is 30.3 Å². The molecule has 1 amide bonds. The van der Waals surface area contributed by atoms with E-state index in [0.717, 1.165) is 25.7 Å². The van der Waals surface area contributed by atoms with Crippen LogP contribution in [0.5, 0.6) is 11.5 Å². The minimum atomic E-state index is -1.07. The molecule has 0 aliphatic rings. The van der Waals surface area contributed by atoms with Crippen molar-refractivity contribution < 1.29 is 24.2 Å². The van der Waals surface area contributed by atoms with E-state index in [1.54, 1.807) is 12.1 Å². The summed E-state index contributed by atoms with van der Waals surface area (Å²) < 4.78 is 12.0. The molecule has 1 aromatic rings. The number of benzene rings is 1. The van der Waals surface area contributed by atoms with Crippen molar-refractivity contribution in [2.45, 2.75) is 168 Å². The smallest absolute Gasteiger partial charge is 0.322 e. The highest BCUT2D eigenvalue weighted by molar-refractivity contribution is 5.96. The van der Waals surface area contributed by atoms with E-state index in [1.807, 2.05) is 6.07 Å². The fourth-order valence-electron chi connectivity index (χ4n) is 5.39. The third kappa shape index (κ3) is 23.8. The van der Waals surface area contributed by atoms with E-state index in [4.69, 9.17) is 14.6 Å². The summed E-state index contributed by atoms with van der Waals surface area (Å²) in [5.41, 5.74) is 0.359. The van der Waals surface area contributed by atoms with Gasteiger partial charge in [-0.3, -0.25) is 9.59 Å². The van der Waals surface area contributed by atoms with Gasteiger partial charge in [-0.2, -0.15) is 0 Å². The molecule has 248 valence electrons. The Morgan fingerprint density at radius 3 is 1.19 bits per heavy atom. The fourth-order valence-corrected chi connectivity index (χ4v) is 5.39. The fraction of sp³-hybridized carbons (Fsp3) is 0.784. The molecule has 6 nitrogen and oxygen atoms in total. The van der Waals surface area contributed by atoms with Crippen molar-refractivity contribution in [2.75, 3.05) is 19.8 Å². The van der Waals surface area contributed by atoms with Crippen molar-refractivity contribution >= 4 is 11.9 Å². The number of carbonyl (C=O) groups excluding carboxylic acids is 1. The molecular formula is C37H65NO5. The number of carbonyl (C=O) groups is 2. The highest BCUT2D eigenvalue weighted by Crippen LogP contribution is 2.24. The Morgan fingerprint density at radius 1 is 0.535 bits per heavy atom. The van der Waals surface area contributed by atoms with Crippen molar-refractivity contribution in [3.63, 3.8) is 0 Å². The summed E-state index contributed by atoms with van der Waals surface area (Å²) in [6.07, 6.45) is 31.0. The van der Waals surface area contributed by atoms with Gasteiger partial charge < -0.3 is 19.9 Å². The zero-order chi connectivity index (χ0) is 31.2. The number of hydrogen-bond donors (Lipinski definition) is 2. The number of carboxylic acid groups (broad SMARTS) is 1. The monoisotopic (exact) mass is 603 g/mol. The predicted octanol–water partition coefficient (Wildman–Crippen LogP) is 10.7. The molecule has 0 aliphatic carbocycles. The largest absolute Gasteiger partial charge is 0.493 e. The number of rotatable bonds is 31. The Balaban J connectivity index is 2.31. The molecule has 0 heterocycles. The van der Waals surface area contributed by atoms with Crippen LogP contribution < -0.4 is 14.8 Å². The van der Waals surface area contributed by atoms with Gasteiger partial charge in [0.2, 0.25) is 0 Å². The summed E-state index contributed by atoms with van der Waals surface area (Å²) in [6, 6.07) is 5.19. The van der Waals surface area contributed by atoms with Crippen LogP contribution in [0.25, 0.3) is 0 Å². The van der Waals surface area contributed by atoms with Crippen LogP contribution in [-0.4, -0.2) is 36.7 Å². The second kappa shape index (κ2) is 28.5. The Labute approximate surface area is 264 Å². The highest BCUT2D eigenvalue weighted by atomic mass is 16.5. The van der Waals surface area contributed by atoms with E-state index >= 15 is 0 Å². The molecule has 43 heavy (non-hydrogen) atoms. The first-order valence-corrected chi connectivity index (χ1v) is 18.0. The van der Waals surface area contributed by atoms with Gasteiger partial charge in [0.15, 0.2) is 0 Å². The van der Waals surface area contributed by atoms with E-state index in [-0.39, 0.29) is 0 Å². The number of unbranched alkanes of at least 4 members (excludes halogenated alkanes) is 22. The normalized spacial score (nSPS) is 11.0. The molecule has 1 rings (SSSR count). The van der Waals surface area contributed by atoms with Crippen LogP contribution in [0.15, 0.2) is 18.2 Å². The zero-order valence-electron chi connectivity index (χ0n) is 27.9. The maximum Gasteiger partial charge on any atom is 0.322 e. The summed E-state index contributed by atoms with van der Waals surface area (Å²) in [4.78, 5) is 23.4. The molecule has 0 spiro atoms. The topological polar surface area (TPSA) is 84.9 Å². The SMILES string of the molecule is CCCCCCCCCCCCCCOc1cc(OCCCCCCCCCCCCCC)cc(C(=O)NCC(=O)O)c1. The lowest BCUT2D eigenvalue weighted by Crippen LogP contribution is -2.29. The summed E-state index contributed by atoms with van der Waals surface area (Å²) in [5, 5.41) is 11.4. The van der Waals surface area contributed by atoms with E-state index in [1.165, 1.54) is 128 Å². The summed E-state index contributed by atoms with van der Waals surface area (Å²) >= 11 is 0. The van der Waals surface area contributed by atoms with Gasteiger partial charge in [-0.25, -0.2) is 0 Å². The first kappa shape index (κ1) is 38.8. The quantitative estimate of drug-likeness (QED) is 0.0825. The molecule has 2 N–H and O–H groups in total. The van der Waals surface area contributed by atoms with Crippen molar-refractivity contribution in [3.05, 3.63) is 23.8 Å². The van der Waals surface area contributed by atoms with Crippen molar-refractivity contribution in [2.24, 2.45) is 0 Å². The third-order valence-electron chi connectivity index (χ3n) is 8.08. The van der Waals surface area contributed by atoms with Crippen LogP contribution in [0.1, 0.15) is 178 Å². The number of aliphatic carboxylic acids is 1. The average molecular weight is 604 g/mol. The molecular weight excluding hydrogens is 538 g/mol. The molecule has 1 aromatic carbocycles. The maximum absolute atomic E-state index is 12.5. The van der Waals surface area contributed by atoms with Gasteiger partial charge in [0.1, 0.15) is 18.0 Å². The Hall–Kier alpha value is -2.24. The lowest BCUT2D eigenvalue weighted by molar-refractivity contribution is -0.135. The molecule has 0 radical (unpaired) electrons. The lowest BCUT2D eigenvalue weighted by atomic mass is 10.1. The number of ether oxygens (including phenoxy) is 2. The van der Waals surface area contributed by atoms with Gasteiger partial charge in [-0.05, 0) is 25.0 Å². The summed E-state index contributed by atoms with van der Waals surface area (Å²) in [6.45, 7) is 5.29. The zero-order valence-corrected chi connectivity index (χ0v) is 27.9. The average Bonchev–Trinajstić information content (AvgIpc) is 3.00. The first-order valence-electron chi connectivity index (χ1n) is 18.0. The van der Waals surface area contributed by atoms with Crippen LogP contribution in [0, 0.1) is 0 Å². The Morgan fingerprint density at radius 2 is 0.860 bits per heavy atom. The van der Waals surface area contributed by atoms with Crippen molar-refractivity contribution in [1.82, 2.24) is 5.32 Å². The molecule has 0 saturated heterocycles. The number of carboxylic acids is 1. The maximum atomic E-state index is 12.5. The minimum Gasteiger partial charge on any atom is -0.493 e.